The Balaban J connectivity index is 1.33. The van der Waals surface area contributed by atoms with Crippen molar-refractivity contribution in [3.05, 3.63) is 44.6 Å². The smallest absolute Gasteiger partial charge is 0.329 e. The van der Waals surface area contributed by atoms with E-state index in [0.29, 0.717) is 18.4 Å². The number of ether oxygens (including phenoxy) is 2. The summed E-state index contributed by atoms with van der Waals surface area (Å²) in [6.45, 7) is 22.0. The van der Waals surface area contributed by atoms with Crippen molar-refractivity contribution in [3.63, 3.8) is 0 Å². The second-order valence-electron chi connectivity index (χ2n) is 26.6. The quantitative estimate of drug-likeness (QED) is 0.120. The van der Waals surface area contributed by atoms with Crippen LogP contribution in [0.25, 0.3) is 22.6 Å². The minimum atomic E-state index is -1.89. The number of hydrogen-bond donors (Lipinski definition) is 5. The lowest BCUT2D eigenvalue weighted by Gasteiger charge is -2.36. The Morgan fingerprint density at radius 3 is 1.41 bits per heavy atom. The first-order chi connectivity index (χ1) is 42.9. The van der Waals surface area contributed by atoms with Gasteiger partial charge in [-0.15, -0.1) is 0 Å². The van der Waals surface area contributed by atoms with Crippen LogP contribution in [0.1, 0.15) is 128 Å². The summed E-state index contributed by atoms with van der Waals surface area (Å²) < 4.78 is 18.3. The highest BCUT2D eigenvalue weighted by Crippen LogP contribution is 2.36. The molecule has 1 aliphatic carbocycles. The van der Waals surface area contributed by atoms with Crippen molar-refractivity contribution >= 4 is 87.8 Å². The molecule has 28 heteroatoms. The van der Waals surface area contributed by atoms with Crippen LogP contribution >= 0.6 is 0 Å². The Labute approximate surface area is 535 Å². The molecule has 1 aromatic carbocycles. The fraction of sp³-hybridized carbons (Fsp3) is 0.625. The van der Waals surface area contributed by atoms with E-state index < -0.39 is 191 Å². The van der Waals surface area contributed by atoms with E-state index in [1.807, 2.05) is 6.92 Å². The van der Waals surface area contributed by atoms with E-state index in [1.54, 1.807) is 69.2 Å². The van der Waals surface area contributed by atoms with Gasteiger partial charge in [0.05, 0.1) is 29.9 Å². The van der Waals surface area contributed by atoms with Crippen molar-refractivity contribution in [1.29, 1.82) is 0 Å². The number of amides is 10. The van der Waals surface area contributed by atoms with Gasteiger partial charge in [-0.25, -0.2) is 14.6 Å². The Morgan fingerprint density at radius 2 is 1.01 bits per heavy atom. The number of nitrogens with one attached hydrogen (secondary N) is 4. The van der Waals surface area contributed by atoms with Gasteiger partial charge in [-0.1, -0.05) is 75.3 Å². The lowest BCUT2D eigenvalue weighted by atomic mass is 9.97. The minimum Gasteiger partial charge on any atom is -0.458 e. The van der Waals surface area contributed by atoms with Gasteiger partial charge in [-0.2, -0.15) is 0 Å². The zero-order valence-corrected chi connectivity index (χ0v) is 55.9. The number of fused-ring (bicyclic) bond motifs is 4. The summed E-state index contributed by atoms with van der Waals surface area (Å²) >= 11 is 0. The third kappa shape index (κ3) is 13.9. The van der Waals surface area contributed by atoms with Crippen LogP contribution in [0.4, 0.5) is 5.69 Å². The van der Waals surface area contributed by atoms with Crippen LogP contribution in [0, 0.1) is 49.4 Å². The molecule has 7 rings (SSSR count). The number of carbonyl (C=O) groups is 12. The molecule has 0 aromatic heterocycles. The molecule has 1 aromatic rings. The fourth-order valence-corrected chi connectivity index (χ4v) is 12.8. The van der Waals surface area contributed by atoms with E-state index >= 15 is 9.59 Å². The molecular weight excluding hydrogens is 1190 g/mol. The van der Waals surface area contributed by atoms with Crippen LogP contribution in [0.15, 0.2) is 21.3 Å². The topological polar surface area (TPSA) is 360 Å². The summed E-state index contributed by atoms with van der Waals surface area (Å²) in [5.74, 6) is -13.1. The lowest BCUT2D eigenvalue weighted by molar-refractivity contribution is -0.163. The van der Waals surface area contributed by atoms with Gasteiger partial charge in [-0.05, 0) is 87.7 Å². The first-order valence-corrected chi connectivity index (χ1v) is 31.3. The van der Waals surface area contributed by atoms with Crippen molar-refractivity contribution in [3.8, 4) is 11.5 Å². The molecule has 92 heavy (non-hydrogen) atoms. The first-order valence-electron chi connectivity index (χ1n) is 31.3. The largest absolute Gasteiger partial charge is 0.458 e. The van der Waals surface area contributed by atoms with Crippen LogP contribution in [0.5, 0.6) is 0 Å². The molecule has 4 saturated heterocycles. The van der Waals surface area contributed by atoms with Crippen LogP contribution < -0.4 is 32.4 Å². The minimum absolute atomic E-state index is 0.0776. The molecule has 5 aliphatic heterocycles. The number of hydrogen-bond acceptors (Lipinski definition) is 18. The molecule has 4 fully saturated rings. The van der Waals surface area contributed by atoms with Gasteiger partial charge in [0.15, 0.2) is 11.3 Å². The zero-order valence-electron chi connectivity index (χ0n) is 55.9. The summed E-state index contributed by atoms with van der Waals surface area (Å²) in [6.07, 6.45) is -2.24. The average Bonchev–Trinajstić information content (AvgIpc) is 0.914. The van der Waals surface area contributed by atoms with Crippen molar-refractivity contribution in [2.75, 3.05) is 60.1 Å². The number of rotatable bonds is 8. The lowest BCUT2D eigenvalue weighted by Crippen LogP contribution is -2.61. The van der Waals surface area contributed by atoms with Crippen LogP contribution in [-0.2, 0) is 57.4 Å². The third-order valence-electron chi connectivity index (χ3n) is 18.4. The van der Waals surface area contributed by atoms with Gasteiger partial charge in [0, 0.05) is 46.8 Å². The Morgan fingerprint density at radius 1 is 0.598 bits per heavy atom. The summed E-state index contributed by atoms with van der Waals surface area (Å²) in [5, 5.41) is 10.7. The van der Waals surface area contributed by atoms with Crippen molar-refractivity contribution in [1.82, 2.24) is 55.7 Å². The SMILES string of the molecule is Cc1c2oc3c(C)ccc(C(=O)N[C@@H]4C(=O)N[C@H](C(C)C)C(=O)N5CC[C@H](C)[C@H]5C(=O)N(C)CC(=O)N(C)[C@@H](C(C)C)C(=O)O[C@@H]4C)c3nc-2c(C(=O)N[C@@H]2C(=O)N[C@H](C(C)C)C(=O)N3CC[C@H](C)[C@H]3C(=O)N(C)CC(=O)N(C)[C@@H](C(C)C)C(=O)O[C@@H]2C)c(N)c1=O. The number of benzene rings is 2. The van der Waals surface area contributed by atoms with E-state index in [-0.39, 0.29) is 52.9 Å². The normalized spacial score (nSPS) is 27.5. The highest BCUT2D eigenvalue weighted by Gasteiger charge is 2.49. The molecule has 6 N–H and O–H groups in total. The average molecular weight is 1280 g/mol. The van der Waals surface area contributed by atoms with Crippen LogP contribution in [0.3, 0.4) is 0 Å². The number of likely N-dealkylation sites (N-methyl/N-ethyl adjacent to an activating group) is 4. The molecule has 0 saturated carbocycles. The molecule has 6 aliphatic rings. The Bertz CT molecular complexity index is 3490. The summed E-state index contributed by atoms with van der Waals surface area (Å²) in [7, 11) is 5.60. The molecule has 0 bridgehead atoms. The number of esters is 2. The third-order valence-corrected chi connectivity index (χ3v) is 18.4. The fourth-order valence-electron chi connectivity index (χ4n) is 12.8. The molecule has 0 radical (unpaired) electrons. The van der Waals surface area contributed by atoms with E-state index in [1.165, 1.54) is 80.7 Å². The van der Waals surface area contributed by atoms with Gasteiger partial charge in [0.2, 0.25) is 52.7 Å². The molecule has 5 heterocycles. The maximum atomic E-state index is 15.2. The summed E-state index contributed by atoms with van der Waals surface area (Å²) in [5.41, 5.74) is 3.57. The maximum absolute atomic E-state index is 15.2. The molecule has 12 atom stereocenters. The standard InChI is InChI=1S/C64H90N12O16/c1-27(2)42-59(84)75-23-21-31(9)50(75)61(86)71(15)25-38(77)73(17)48(29(5)6)63(88)90-35(13)44(57(82)67-42)69-55(80)37-20-19-33(11)53-46(37)66-47-40(41(65)52(79)34(12)54(47)92-53)56(81)70-45-36(14)91-64(89)49(30(7)8)74(18)39(78)26-72(16)62(87)51-32(10)22-24-76(51)60(85)43(28(3)4)68-58(45)83/h19-20,27-32,35-36,42-45,48-51H,21-26,65H2,1-18H3,(H,67,82)(H,68,83)(H,69,80)(H,70,81)/t31-,32-,35+,36+,42+,43+,44-,45-,48-,49-,50-,51-/m0/s1. The van der Waals surface area contributed by atoms with Crippen molar-refractivity contribution < 1.29 is 71.4 Å². The van der Waals surface area contributed by atoms with E-state index in [4.69, 9.17) is 24.6 Å². The Kier molecular flexibility index (Phi) is 21.5. The number of anilines is 1. The number of aromatic nitrogens is 1. The first kappa shape index (κ1) is 70.7. The number of nitrogens with zero attached hydrogens (tertiary/aromatic N) is 7. The highest BCUT2D eigenvalue weighted by atomic mass is 16.6. The van der Waals surface area contributed by atoms with Gasteiger partial charge >= 0.3 is 11.9 Å². The van der Waals surface area contributed by atoms with Crippen LogP contribution in [0.2, 0.25) is 0 Å². The number of nitrogen functional groups attached to an aromatic ring is 1. The molecular formula is C64H90N12O16. The zero-order chi connectivity index (χ0) is 68.7. The van der Waals surface area contributed by atoms with Crippen molar-refractivity contribution in [2.45, 2.75) is 170 Å². The molecule has 502 valence electrons. The molecule has 0 unspecified atom stereocenters. The highest BCUT2D eigenvalue weighted by molar-refractivity contribution is 6.10. The predicted molar refractivity (Wildman–Crippen MR) is 335 cm³/mol. The molecule has 28 nitrogen and oxygen atoms in total. The number of nitrogens with two attached hydrogens (primary N) is 1. The van der Waals surface area contributed by atoms with Gasteiger partial charge in [0.25, 0.3) is 11.8 Å². The van der Waals surface area contributed by atoms with Gasteiger partial charge < -0.3 is 70.3 Å². The molecule has 10 amide bonds. The molecule has 0 spiro atoms. The Hall–Kier alpha value is -8.72. The summed E-state index contributed by atoms with van der Waals surface area (Å²) in [6, 6.07) is -8.02. The number of cyclic esters (lactones) is 2. The maximum Gasteiger partial charge on any atom is 0.329 e. The van der Waals surface area contributed by atoms with E-state index in [0.717, 1.165) is 9.80 Å². The van der Waals surface area contributed by atoms with Crippen LogP contribution in [-0.4, -0.2) is 220 Å². The van der Waals surface area contributed by atoms with E-state index in [9.17, 15) is 52.7 Å². The van der Waals surface area contributed by atoms with Gasteiger partial charge in [-0.3, -0.25) is 52.7 Å². The number of carbonyl (C=O) groups excluding carboxylic acids is 12. The summed E-state index contributed by atoms with van der Waals surface area (Å²) in [4.78, 5) is 201. The monoisotopic (exact) mass is 1280 g/mol. The van der Waals surface area contributed by atoms with E-state index in [2.05, 4.69) is 21.3 Å². The van der Waals surface area contributed by atoms with Crippen molar-refractivity contribution in [2.24, 2.45) is 35.5 Å². The second kappa shape index (κ2) is 28.0. The predicted octanol–water partition coefficient (Wildman–Crippen LogP) is 1.22. The van der Waals surface area contributed by atoms with Gasteiger partial charge in [0.1, 0.15) is 71.8 Å². The second-order valence-corrected chi connectivity index (χ2v) is 26.6. The number of aryl methyl sites for hydroxylation is 1.